The van der Waals surface area contributed by atoms with Gasteiger partial charge in [-0.3, -0.25) is 10.1 Å². The van der Waals surface area contributed by atoms with Crippen LogP contribution in [0.4, 0.5) is 4.79 Å². The summed E-state index contributed by atoms with van der Waals surface area (Å²) in [5.41, 5.74) is 0.229. The minimum atomic E-state index is -1.12. The monoisotopic (exact) mass is 406 g/mol. The van der Waals surface area contributed by atoms with Gasteiger partial charge in [0.2, 0.25) is 0 Å². The lowest BCUT2D eigenvalue weighted by molar-refractivity contribution is -0.127. The Morgan fingerprint density at radius 1 is 1.10 bits per heavy atom. The average Bonchev–Trinajstić information content (AvgIpc) is 3.19. The van der Waals surface area contributed by atoms with Crippen LogP contribution < -0.4 is 20.1 Å². The first-order chi connectivity index (χ1) is 13.9. The van der Waals surface area contributed by atoms with Crippen molar-refractivity contribution in [1.82, 2.24) is 10.6 Å². The highest BCUT2D eigenvalue weighted by Crippen LogP contribution is 2.29. The van der Waals surface area contributed by atoms with E-state index in [0.29, 0.717) is 24.7 Å². The van der Waals surface area contributed by atoms with Crippen LogP contribution >= 0.6 is 0 Å². The quantitative estimate of drug-likeness (QED) is 0.611. The van der Waals surface area contributed by atoms with Crippen LogP contribution in [0.25, 0.3) is 0 Å². The smallest absolute Gasteiger partial charge is 0.339 e. The second-order valence-electron chi connectivity index (χ2n) is 6.93. The predicted octanol–water partition coefficient (Wildman–Crippen LogP) is 3.19. The fraction of sp³-hybridized carbons (Fsp3) is 0.571. The zero-order valence-corrected chi connectivity index (χ0v) is 17.3. The number of benzene rings is 1. The van der Waals surface area contributed by atoms with Crippen LogP contribution in [0.2, 0.25) is 0 Å². The van der Waals surface area contributed by atoms with Gasteiger partial charge in [-0.15, -0.1) is 0 Å². The van der Waals surface area contributed by atoms with Crippen molar-refractivity contribution in [3.05, 3.63) is 23.8 Å². The molecule has 1 aliphatic rings. The van der Waals surface area contributed by atoms with Gasteiger partial charge in [-0.1, -0.05) is 19.8 Å². The van der Waals surface area contributed by atoms with Gasteiger partial charge >= 0.3 is 12.0 Å². The maximum atomic E-state index is 12.4. The van der Waals surface area contributed by atoms with Crippen molar-refractivity contribution in [2.45, 2.75) is 65.0 Å². The normalized spacial score (nSPS) is 14.7. The van der Waals surface area contributed by atoms with Crippen molar-refractivity contribution in [1.29, 1.82) is 0 Å². The molecule has 0 unspecified atom stereocenters. The van der Waals surface area contributed by atoms with Gasteiger partial charge in [-0.05, 0) is 51.3 Å². The number of amides is 3. The Balaban J connectivity index is 1.92. The number of hydrogen-bond donors (Lipinski definition) is 2. The lowest BCUT2D eigenvalue weighted by atomic mass is 10.2. The van der Waals surface area contributed by atoms with Crippen molar-refractivity contribution in [3.8, 4) is 11.5 Å². The van der Waals surface area contributed by atoms with Gasteiger partial charge in [0.15, 0.2) is 17.6 Å². The Morgan fingerprint density at radius 3 is 2.48 bits per heavy atom. The summed E-state index contributed by atoms with van der Waals surface area (Å²) in [6, 6.07) is 4.23. The zero-order chi connectivity index (χ0) is 21.2. The van der Waals surface area contributed by atoms with Crippen LogP contribution in [0.1, 0.15) is 63.2 Å². The minimum absolute atomic E-state index is 0.0890. The summed E-state index contributed by atoms with van der Waals surface area (Å²) in [4.78, 5) is 36.4. The Morgan fingerprint density at radius 2 is 1.83 bits per heavy atom. The summed E-state index contributed by atoms with van der Waals surface area (Å²) in [6.07, 6.45) is 3.68. The Hall–Kier alpha value is -2.77. The molecule has 29 heavy (non-hydrogen) atoms. The molecule has 1 saturated carbocycles. The molecule has 1 fully saturated rings. The third-order valence-electron chi connectivity index (χ3n) is 4.52. The fourth-order valence-electron chi connectivity index (χ4n) is 3.02. The van der Waals surface area contributed by atoms with Gasteiger partial charge in [0, 0.05) is 6.04 Å². The lowest BCUT2D eigenvalue weighted by Crippen LogP contribution is -2.47. The topological polar surface area (TPSA) is 103 Å². The Labute approximate surface area is 171 Å². The number of ether oxygens (including phenoxy) is 3. The largest absolute Gasteiger partial charge is 0.490 e. The first kappa shape index (κ1) is 22.5. The predicted molar refractivity (Wildman–Crippen MR) is 107 cm³/mol. The Bertz CT molecular complexity index is 715. The van der Waals surface area contributed by atoms with Gasteiger partial charge in [-0.25, -0.2) is 9.59 Å². The minimum Gasteiger partial charge on any atom is -0.490 e. The van der Waals surface area contributed by atoms with Crippen LogP contribution in [0, 0.1) is 0 Å². The molecule has 0 aliphatic heterocycles. The molecule has 1 aromatic carbocycles. The van der Waals surface area contributed by atoms with E-state index < -0.39 is 24.0 Å². The molecule has 1 atom stereocenters. The molecule has 160 valence electrons. The number of imide groups is 1. The molecular weight excluding hydrogens is 376 g/mol. The SMILES string of the molecule is CCCOc1ccc(C(=O)O[C@H](C)C(=O)NC(=O)NC2CCCC2)cc1OCC. The number of urea groups is 1. The van der Waals surface area contributed by atoms with E-state index in [1.54, 1.807) is 12.1 Å². The number of carbonyl (C=O) groups is 3. The summed E-state index contributed by atoms with van der Waals surface area (Å²) in [7, 11) is 0. The van der Waals surface area contributed by atoms with Crippen molar-refractivity contribution in [2.75, 3.05) is 13.2 Å². The summed E-state index contributed by atoms with van der Waals surface area (Å²) < 4.78 is 16.3. The van der Waals surface area contributed by atoms with E-state index in [4.69, 9.17) is 14.2 Å². The second kappa shape index (κ2) is 11.3. The summed E-state index contributed by atoms with van der Waals surface area (Å²) >= 11 is 0. The molecule has 0 aromatic heterocycles. The number of nitrogens with one attached hydrogen (secondary N) is 2. The molecule has 0 spiro atoms. The van der Waals surface area contributed by atoms with Gasteiger partial charge in [-0.2, -0.15) is 0 Å². The van der Waals surface area contributed by atoms with Crippen molar-refractivity contribution in [3.63, 3.8) is 0 Å². The van der Waals surface area contributed by atoms with Gasteiger partial charge < -0.3 is 19.5 Å². The maximum absolute atomic E-state index is 12.4. The van der Waals surface area contributed by atoms with E-state index in [2.05, 4.69) is 10.6 Å². The van der Waals surface area contributed by atoms with Crippen molar-refractivity contribution < 1.29 is 28.6 Å². The molecule has 3 amide bonds. The molecule has 1 aliphatic carbocycles. The van der Waals surface area contributed by atoms with Crippen LogP contribution in [0.15, 0.2) is 18.2 Å². The lowest BCUT2D eigenvalue weighted by Gasteiger charge is -2.16. The maximum Gasteiger partial charge on any atom is 0.339 e. The highest BCUT2D eigenvalue weighted by Gasteiger charge is 2.23. The first-order valence-electron chi connectivity index (χ1n) is 10.2. The first-order valence-corrected chi connectivity index (χ1v) is 10.2. The van der Waals surface area contributed by atoms with Crippen LogP contribution in [0.3, 0.4) is 0 Å². The van der Waals surface area contributed by atoms with E-state index in [9.17, 15) is 14.4 Å². The van der Waals surface area contributed by atoms with Crippen LogP contribution in [0.5, 0.6) is 11.5 Å². The summed E-state index contributed by atoms with van der Waals surface area (Å²) in [5.74, 6) is -0.392. The molecule has 2 N–H and O–H groups in total. The molecule has 8 nitrogen and oxygen atoms in total. The molecule has 0 bridgehead atoms. The van der Waals surface area contributed by atoms with Gasteiger partial charge in [0.05, 0.1) is 18.8 Å². The molecule has 0 saturated heterocycles. The van der Waals surface area contributed by atoms with Crippen molar-refractivity contribution in [2.24, 2.45) is 0 Å². The van der Waals surface area contributed by atoms with E-state index in [0.717, 1.165) is 32.1 Å². The molecular formula is C21H30N2O6. The number of rotatable bonds is 9. The third kappa shape index (κ3) is 6.96. The number of carbonyl (C=O) groups excluding carboxylic acids is 3. The zero-order valence-electron chi connectivity index (χ0n) is 17.3. The van der Waals surface area contributed by atoms with E-state index >= 15 is 0 Å². The molecule has 2 rings (SSSR count). The highest BCUT2D eigenvalue weighted by atomic mass is 16.5. The average molecular weight is 406 g/mol. The third-order valence-corrected chi connectivity index (χ3v) is 4.52. The summed E-state index contributed by atoms with van der Waals surface area (Å²) in [5, 5.41) is 4.97. The Kier molecular flexibility index (Phi) is 8.76. The summed E-state index contributed by atoms with van der Waals surface area (Å²) in [6.45, 7) is 6.18. The van der Waals surface area contributed by atoms with E-state index in [-0.39, 0.29) is 11.6 Å². The number of esters is 1. The molecule has 0 radical (unpaired) electrons. The molecule has 0 heterocycles. The van der Waals surface area contributed by atoms with Gasteiger partial charge in [0.1, 0.15) is 0 Å². The standard InChI is InChI=1S/C21H30N2O6/c1-4-12-28-17-11-10-15(13-18(17)27-5-2)20(25)29-14(3)19(24)23-21(26)22-16-8-6-7-9-16/h10-11,13-14,16H,4-9,12H2,1-3H3,(H2,22,23,24,26)/t14-/m1/s1. The van der Waals surface area contributed by atoms with Crippen LogP contribution in [-0.2, 0) is 9.53 Å². The van der Waals surface area contributed by atoms with E-state index in [1.165, 1.54) is 13.0 Å². The molecule has 8 heteroatoms. The van der Waals surface area contributed by atoms with E-state index in [1.807, 2.05) is 13.8 Å². The molecule has 1 aromatic rings. The van der Waals surface area contributed by atoms with Crippen LogP contribution in [-0.4, -0.2) is 43.3 Å². The highest BCUT2D eigenvalue weighted by molar-refractivity contribution is 5.98. The van der Waals surface area contributed by atoms with Gasteiger partial charge in [0.25, 0.3) is 5.91 Å². The second-order valence-corrected chi connectivity index (χ2v) is 6.93. The fourth-order valence-corrected chi connectivity index (χ4v) is 3.02. The number of hydrogen-bond acceptors (Lipinski definition) is 6. The van der Waals surface area contributed by atoms with Crippen molar-refractivity contribution >= 4 is 17.9 Å².